The van der Waals surface area contributed by atoms with Crippen molar-refractivity contribution < 1.29 is 4.79 Å². The van der Waals surface area contributed by atoms with Gasteiger partial charge in [0.25, 0.3) is 0 Å². The number of nitrogens with one attached hydrogen (secondary N) is 1. The number of benzene rings is 1. The van der Waals surface area contributed by atoms with Crippen LogP contribution in [0.3, 0.4) is 0 Å². The number of anilines is 1. The third-order valence-corrected chi connectivity index (χ3v) is 3.38. The number of nitrogens with zero attached hydrogens (tertiary/aromatic N) is 1. The molecule has 0 aliphatic rings. The monoisotopic (exact) mass is 277 g/mol. The number of amides is 1. The molecule has 1 unspecified atom stereocenters. The number of rotatable bonds is 8. The van der Waals surface area contributed by atoms with E-state index in [1.807, 2.05) is 31.2 Å². The summed E-state index contributed by atoms with van der Waals surface area (Å²) in [6.07, 6.45) is 1.96. The average Bonchev–Trinajstić information content (AvgIpc) is 2.46. The van der Waals surface area contributed by atoms with E-state index in [0.717, 1.165) is 30.6 Å². The summed E-state index contributed by atoms with van der Waals surface area (Å²) < 4.78 is 0. The van der Waals surface area contributed by atoms with Crippen LogP contribution in [0, 0.1) is 0 Å². The predicted molar refractivity (Wildman–Crippen MR) is 84.7 cm³/mol. The quantitative estimate of drug-likeness (QED) is 0.766. The Morgan fingerprint density at radius 3 is 2.45 bits per heavy atom. The second kappa shape index (κ2) is 8.59. The third kappa shape index (κ3) is 5.21. The molecule has 0 radical (unpaired) electrons. The van der Waals surface area contributed by atoms with Crippen LogP contribution in [0.2, 0.25) is 0 Å². The zero-order valence-corrected chi connectivity index (χ0v) is 12.9. The van der Waals surface area contributed by atoms with Crippen molar-refractivity contribution in [1.29, 1.82) is 0 Å². The van der Waals surface area contributed by atoms with E-state index in [0.29, 0.717) is 13.1 Å². The molecule has 0 aromatic heterocycles. The topological polar surface area (TPSA) is 58.4 Å². The predicted octanol–water partition coefficient (Wildman–Crippen LogP) is 2.28. The van der Waals surface area contributed by atoms with Gasteiger partial charge in [0.2, 0.25) is 5.91 Å². The van der Waals surface area contributed by atoms with Gasteiger partial charge < -0.3 is 16.0 Å². The fourth-order valence-electron chi connectivity index (χ4n) is 2.01. The van der Waals surface area contributed by atoms with Gasteiger partial charge in [-0.15, -0.1) is 0 Å². The van der Waals surface area contributed by atoms with Gasteiger partial charge in [-0.25, -0.2) is 0 Å². The number of carbonyl (C=O) groups excluding carboxylic acids is 1. The molecule has 0 aliphatic carbocycles. The molecule has 1 rings (SSSR count). The van der Waals surface area contributed by atoms with Crippen molar-refractivity contribution in [1.82, 2.24) is 5.32 Å². The molecule has 0 saturated carbocycles. The first-order valence-electron chi connectivity index (χ1n) is 7.44. The molecule has 3 N–H and O–H groups in total. The van der Waals surface area contributed by atoms with E-state index in [9.17, 15) is 4.79 Å². The van der Waals surface area contributed by atoms with Gasteiger partial charge in [0, 0.05) is 24.8 Å². The van der Waals surface area contributed by atoms with Gasteiger partial charge in [-0.1, -0.05) is 26.0 Å². The molecule has 0 spiro atoms. The lowest BCUT2D eigenvalue weighted by molar-refractivity contribution is -0.120. The largest absolute Gasteiger partial charge is 0.362 e. The Morgan fingerprint density at radius 1 is 1.30 bits per heavy atom. The Bertz CT molecular complexity index is 403. The van der Waals surface area contributed by atoms with Crippen molar-refractivity contribution in [2.45, 2.75) is 46.2 Å². The van der Waals surface area contributed by atoms with Crippen LogP contribution >= 0.6 is 0 Å². The Morgan fingerprint density at radius 2 is 1.95 bits per heavy atom. The molecule has 0 aliphatic heterocycles. The first-order valence-corrected chi connectivity index (χ1v) is 7.44. The highest BCUT2D eigenvalue weighted by Crippen LogP contribution is 2.15. The lowest BCUT2D eigenvalue weighted by Crippen LogP contribution is -2.41. The van der Waals surface area contributed by atoms with Crippen molar-refractivity contribution in [2.24, 2.45) is 5.73 Å². The first-order chi connectivity index (χ1) is 9.60. The molecule has 0 fully saturated rings. The minimum Gasteiger partial charge on any atom is -0.362 e. The number of carbonyl (C=O) groups is 1. The Labute approximate surface area is 122 Å². The smallest absolute Gasteiger partial charge is 0.239 e. The molecule has 112 valence electrons. The van der Waals surface area contributed by atoms with E-state index in [-0.39, 0.29) is 11.9 Å². The molecule has 4 heteroatoms. The Hall–Kier alpha value is -1.55. The molecule has 0 bridgehead atoms. The van der Waals surface area contributed by atoms with Gasteiger partial charge >= 0.3 is 0 Å². The Kier molecular flexibility index (Phi) is 7.09. The molecule has 0 saturated heterocycles. The maximum absolute atomic E-state index is 12.0. The van der Waals surface area contributed by atoms with Gasteiger partial charge in [-0.3, -0.25) is 4.79 Å². The van der Waals surface area contributed by atoms with Crippen molar-refractivity contribution in [3.8, 4) is 0 Å². The maximum atomic E-state index is 12.0. The van der Waals surface area contributed by atoms with E-state index in [1.54, 1.807) is 0 Å². The molecular weight excluding hydrogens is 250 g/mol. The van der Waals surface area contributed by atoms with E-state index in [2.05, 4.69) is 24.1 Å². The molecule has 20 heavy (non-hydrogen) atoms. The summed E-state index contributed by atoms with van der Waals surface area (Å²) in [6, 6.07) is 8.34. The fourth-order valence-corrected chi connectivity index (χ4v) is 2.01. The van der Waals surface area contributed by atoms with Crippen LogP contribution in [-0.4, -0.2) is 25.0 Å². The molecule has 1 amide bonds. The van der Waals surface area contributed by atoms with Gasteiger partial charge in [0.15, 0.2) is 0 Å². The van der Waals surface area contributed by atoms with Crippen LogP contribution in [0.15, 0.2) is 24.3 Å². The lowest BCUT2D eigenvalue weighted by atomic mass is 10.2. The molecule has 0 heterocycles. The summed E-state index contributed by atoms with van der Waals surface area (Å²) in [5.74, 6) is 0.0794. The van der Waals surface area contributed by atoms with Crippen LogP contribution in [0.25, 0.3) is 0 Å². The standard InChI is InChI=1S/C16H27N3O/c1-4-10-19(12-16(20)18-13(3)5-2)15-8-6-14(11-17)7-9-15/h6-9,13H,4-5,10-12,17H2,1-3H3,(H,18,20). The summed E-state index contributed by atoms with van der Waals surface area (Å²) >= 11 is 0. The van der Waals surface area contributed by atoms with E-state index in [4.69, 9.17) is 5.73 Å². The maximum Gasteiger partial charge on any atom is 0.239 e. The van der Waals surface area contributed by atoms with Gasteiger partial charge in [-0.2, -0.15) is 0 Å². The Balaban J connectivity index is 2.69. The highest BCUT2D eigenvalue weighted by molar-refractivity contribution is 5.81. The number of nitrogens with two attached hydrogens (primary N) is 1. The average molecular weight is 277 g/mol. The van der Waals surface area contributed by atoms with Crippen molar-refractivity contribution in [3.05, 3.63) is 29.8 Å². The highest BCUT2D eigenvalue weighted by Gasteiger charge is 2.12. The van der Waals surface area contributed by atoms with Crippen LogP contribution in [0.1, 0.15) is 39.2 Å². The van der Waals surface area contributed by atoms with Crippen molar-refractivity contribution >= 4 is 11.6 Å². The van der Waals surface area contributed by atoms with Crippen LogP contribution < -0.4 is 16.0 Å². The van der Waals surface area contributed by atoms with Gasteiger partial charge in [0.1, 0.15) is 0 Å². The van der Waals surface area contributed by atoms with Gasteiger partial charge in [-0.05, 0) is 37.5 Å². The minimum absolute atomic E-state index is 0.0794. The highest BCUT2D eigenvalue weighted by atomic mass is 16.2. The fraction of sp³-hybridized carbons (Fsp3) is 0.562. The van der Waals surface area contributed by atoms with E-state index >= 15 is 0 Å². The molecule has 1 atom stereocenters. The minimum atomic E-state index is 0.0794. The van der Waals surface area contributed by atoms with E-state index < -0.39 is 0 Å². The molecule has 1 aromatic carbocycles. The van der Waals surface area contributed by atoms with Crippen molar-refractivity contribution in [3.63, 3.8) is 0 Å². The molecule has 1 aromatic rings. The zero-order chi connectivity index (χ0) is 15.0. The van der Waals surface area contributed by atoms with Crippen molar-refractivity contribution in [2.75, 3.05) is 18.0 Å². The number of hydrogen-bond acceptors (Lipinski definition) is 3. The summed E-state index contributed by atoms with van der Waals surface area (Å²) in [5.41, 5.74) is 7.79. The second-order valence-electron chi connectivity index (χ2n) is 5.17. The lowest BCUT2D eigenvalue weighted by Gasteiger charge is -2.25. The van der Waals surface area contributed by atoms with Crippen LogP contribution in [0.4, 0.5) is 5.69 Å². The first kappa shape index (κ1) is 16.5. The summed E-state index contributed by atoms with van der Waals surface area (Å²) in [6.45, 7) is 8.03. The second-order valence-corrected chi connectivity index (χ2v) is 5.17. The summed E-state index contributed by atoms with van der Waals surface area (Å²) in [5, 5.41) is 3.01. The van der Waals surface area contributed by atoms with E-state index in [1.165, 1.54) is 0 Å². The number of hydrogen-bond donors (Lipinski definition) is 2. The molecular formula is C16H27N3O. The zero-order valence-electron chi connectivity index (χ0n) is 12.9. The van der Waals surface area contributed by atoms with Gasteiger partial charge in [0.05, 0.1) is 6.54 Å². The summed E-state index contributed by atoms with van der Waals surface area (Å²) in [4.78, 5) is 14.1. The SMILES string of the molecule is CCCN(CC(=O)NC(C)CC)c1ccc(CN)cc1. The molecule has 4 nitrogen and oxygen atoms in total. The van der Waals surface area contributed by atoms with Crippen LogP contribution in [-0.2, 0) is 11.3 Å². The summed E-state index contributed by atoms with van der Waals surface area (Å²) in [7, 11) is 0. The normalized spacial score (nSPS) is 12.0. The van der Waals surface area contributed by atoms with Crippen LogP contribution in [0.5, 0.6) is 0 Å². The third-order valence-electron chi connectivity index (χ3n) is 3.38.